The highest BCUT2D eigenvalue weighted by Crippen LogP contribution is 2.04. The molecule has 0 aromatic carbocycles. The van der Waals surface area contributed by atoms with E-state index in [1.165, 1.54) is 0 Å². The van der Waals surface area contributed by atoms with E-state index in [0.717, 1.165) is 11.4 Å². The number of rotatable bonds is 4. The lowest BCUT2D eigenvalue weighted by Gasteiger charge is -2.04. The molecular weight excluding hydrogens is 238 g/mol. The van der Waals surface area contributed by atoms with E-state index in [1.807, 2.05) is 5.38 Å². The summed E-state index contributed by atoms with van der Waals surface area (Å²) in [6, 6.07) is -0.227. The number of amides is 2. The molecule has 0 unspecified atom stereocenters. The van der Waals surface area contributed by atoms with Crippen LogP contribution >= 0.6 is 11.3 Å². The van der Waals surface area contributed by atoms with Gasteiger partial charge in [0, 0.05) is 37.8 Å². The van der Waals surface area contributed by atoms with Gasteiger partial charge in [0.05, 0.1) is 16.9 Å². The van der Waals surface area contributed by atoms with Crippen molar-refractivity contribution < 1.29 is 4.79 Å². The predicted molar refractivity (Wildman–Crippen MR) is 66.0 cm³/mol. The Morgan fingerprint density at radius 2 is 2.47 bits per heavy atom. The Morgan fingerprint density at radius 3 is 3.12 bits per heavy atom. The van der Waals surface area contributed by atoms with Gasteiger partial charge in [-0.2, -0.15) is 5.10 Å². The van der Waals surface area contributed by atoms with Crippen LogP contribution in [0.5, 0.6) is 0 Å². The van der Waals surface area contributed by atoms with Gasteiger partial charge in [0.2, 0.25) is 0 Å². The molecule has 0 radical (unpaired) electrons. The number of hydrogen-bond donors (Lipinski definition) is 2. The zero-order valence-corrected chi connectivity index (χ0v) is 10.2. The molecule has 17 heavy (non-hydrogen) atoms. The maximum absolute atomic E-state index is 11.5. The van der Waals surface area contributed by atoms with E-state index in [1.54, 1.807) is 41.7 Å². The summed E-state index contributed by atoms with van der Waals surface area (Å²) in [4.78, 5) is 15.6. The normalized spacial score (nSPS) is 10.2. The van der Waals surface area contributed by atoms with Crippen LogP contribution in [-0.4, -0.2) is 27.3 Å². The number of nitrogens with zero attached hydrogens (tertiary/aromatic N) is 3. The summed E-state index contributed by atoms with van der Waals surface area (Å²) in [6.07, 6.45) is 5.84. The smallest absolute Gasteiger partial charge is 0.319 e. The number of aromatic nitrogens is 3. The van der Waals surface area contributed by atoms with Crippen LogP contribution < -0.4 is 10.6 Å². The standard InChI is InChI=1S/C10H13N5OS/c1-15-7-8(6-13-15)14-10(16)12-3-2-9-11-4-5-17-9/h4-7H,2-3H2,1H3,(H2,12,14,16). The Labute approximate surface area is 103 Å². The van der Waals surface area contributed by atoms with Crippen molar-refractivity contribution in [2.75, 3.05) is 11.9 Å². The molecule has 2 N–H and O–H groups in total. The van der Waals surface area contributed by atoms with Gasteiger partial charge in [0.25, 0.3) is 0 Å². The highest BCUT2D eigenvalue weighted by Gasteiger charge is 2.03. The molecule has 0 fully saturated rings. The van der Waals surface area contributed by atoms with Crippen LogP contribution in [0.1, 0.15) is 5.01 Å². The van der Waals surface area contributed by atoms with E-state index in [4.69, 9.17) is 0 Å². The molecule has 0 spiro atoms. The average molecular weight is 251 g/mol. The number of aryl methyl sites for hydroxylation is 1. The van der Waals surface area contributed by atoms with Gasteiger partial charge in [-0.3, -0.25) is 4.68 Å². The molecule has 2 aromatic rings. The van der Waals surface area contributed by atoms with E-state index in [2.05, 4.69) is 20.7 Å². The zero-order chi connectivity index (χ0) is 12.1. The van der Waals surface area contributed by atoms with Gasteiger partial charge in [0.15, 0.2) is 0 Å². The van der Waals surface area contributed by atoms with Crippen molar-refractivity contribution in [3.05, 3.63) is 29.0 Å². The van der Waals surface area contributed by atoms with Crippen LogP contribution in [0, 0.1) is 0 Å². The second kappa shape index (κ2) is 5.44. The van der Waals surface area contributed by atoms with Gasteiger partial charge in [-0.25, -0.2) is 9.78 Å². The van der Waals surface area contributed by atoms with Gasteiger partial charge in [-0.1, -0.05) is 0 Å². The minimum Gasteiger partial charge on any atom is -0.337 e. The molecular formula is C10H13N5OS. The van der Waals surface area contributed by atoms with Crippen LogP contribution in [0.15, 0.2) is 24.0 Å². The summed E-state index contributed by atoms with van der Waals surface area (Å²) in [6.45, 7) is 0.569. The van der Waals surface area contributed by atoms with Crippen molar-refractivity contribution in [2.45, 2.75) is 6.42 Å². The number of hydrogen-bond acceptors (Lipinski definition) is 4. The van der Waals surface area contributed by atoms with Crippen molar-refractivity contribution in [1.29, 1.82) is 0 Å². The molecule has 0 aliphatic carbocycles. The predicted octanol–water partition coefficient (Wildman–Crippen LogP) is 1.24. The van der Waals surface area contributed by atoms with Crippen molar-refractivity contribution in [1.82, 2.24) is 20.1 Å². The highest BCUT2D eigenvalue weighted by atomic mass is 32.1. The fraction of sp³-hybridized carbons (Fsp3) is 0.300. The maximum atomic E-state index is 11.5. The van der Waals surface area contributed by atoms with Crippen molar-refractivity contribution in [3.63, 3.8) is 0 Å². The van der Waals surface area contributed by atoms with Gasteiger partial charge in [-0.05, 0) is 0 Å². The lowest BCUT2D eigenvalue weighted by Crippen LogP contribution is -2.30. The minimum atomic E-state index is -0.227. The molecule has 6 nitrogen and oxygen atoms in total. The number of carbonyl (C=O) groups excluding carboxylic acids is 1. The average Bonchev–Trinajstić information content (AvgIpc) is 2.90. The fourth-order valence-electron chi connectivity index (χ4n) is 1.32. The summed E-state index contributed by atoms with van der Waals surface area (Å²) in [5.41, 5.74) is 0.680. The Hall–Kier alpha value is -1.89. The molecule has 2 amide bonds. The molecule has 0 aliphatic rings. The number of nitrogens with one attached hydrogen (secondary N) is 2. The van der Waals surface area contributed by atoms with E-state index in [9.17, 15) is 4.79 Å². The first-order chi connectivity index (χ1) is 8.24. The summed E-state index contributed by atoms with van der Waals surface area (Å²) in [7, 11) is 1.80. The summed E-state index contributed by atoms with van der Waals surface area (Å²) >= 11 is 1.59. The third-order valence-corrected chi connectivity index (χ3v) is 2.91. The number of anilines is 1. The van der Waals surface area contributed by atoms with Gasteiger partial charge in [0.1, 0.15) is 0 Å². The molecule has 0 saturated carbocycles. The molecule has 90 valence electrons. The first-order valence-corrected chi connectivity index (χ1v) is 6.04. The fourth-order valence-corrected chi connectivity index (χ4v) is 1.94. The second-order valence-electron chi connectivity index (χ2n) is 3.46. The zero-order valence-electron chi connectivity index (χ0n) is 9.38. The summed E-state index contributed by atoms with van der Waals surface area (Å²) in [5.74, 6) is 0. The van der Waals surface area contributed by atoms with E-state index < -0.39 is 0 Å². The SMILES string of the molecule is Cn1cc(NC(=O)NCCc2nccs2)cn1. The second-order valence-corrected chi connectivity index (χ2v) is 4.44. The first kappa shape index (κ1) is 11.6. The summed E-state index contributed by atoms with van der Waals surface area (Å²) < 4.78 is 1.63. The topological polar surface area (TPSA) is 71.8 Å². The van der Waals surface area contributed by atoms with Crippen molar-refractivity contribution in [2.24, 2.45) is 7.05 Å². The van der Waals surface area contributed by atoms with Crippen LogP contribution in [0.2, 0.25) is 0 Å². The molecule has 0 atom stereocenters. The van der Waals surface area contributed by atoms with Gasteiger partial charge in [-0.15, -0.1) is 11.3 Å². The lowest BCUT2D eigenvalue weighted by atomic mass is 10.4. The van der Waals surface area contributed by atoms with Crippen molar-refractivity contribution in [3.8, 4) is 0 Å². The van der Waals surface area contributed by atoms with Crippen LogP contribution in [0.4, 0.5) is 10.5 Å². The Bertz CT molecular complexity index is 479. The first-order valence-electron chi connectivity index (χ1n) is 5.16. The molecule has 0 aliphatic heterocycles. The van der Waals surface area contributed by atoms with Crippen molar-refractivity contribution >= 4 is 23.1 Å². The van der Waals surface area contributed by atoms with E-state index >= 15 is 0 Å². The van der Waals surface area contributed by atoms with E-state index in [-0.39, 0.29) is 6.03 Å². The molecule has 2 aromatic heterocycles. The number of thiazole rings is 1. The molecule has 0 bridgehead atoms. The number of urea groups is 1. The van der Waals surface area contributed by atoms with E-state index in [0.29, 0.717) is 12.2 Å². The quantitative estimate of drug-likeness (QED) is 0.858. The van der Waals surface area contributed by atoms with Crippen LogP contribution in [0.3, 0.4) is 0 Å². The maximum Gasteiger partial charge on any atom is 0.319 e. The number of carbonyl (C=O) groups is 1. The Morgan fingerprint density at radius 1 is 1.59 bits per heavy atom. The monoisotopic (exact) mass is 251 g/mol. The molecule has 2 heterocycles. The molecule has 0 saturated heterocycles. The summed E-state index contributed by atoms with van der Waals surface area (Å²) in [5, 5.41) is 12.3. The molecule has 7 heteroatoms. The lowest BCUT2D eigenvalue weighted by molar-refractivity contribution is 0.252. The molecule has 2 rings (SSSR count). The highest BCUT2D eigenvalue weighted by molar-refractivity contribution is 7.09. The van der Waals surface area contributed by atoms with Gasteiger partial charge >= 0.3 is 6.03 Å². The largest absolute Gasteiger partial charge is 0.337 e. The Kier molecular flexibility index (Phi) is 3.71. The van der Waals surface area contributed by atoms with Crippen LogP contribution in [-0.2, 0) is 13.5 Å². The van der Waals surface area contributed by atoms with Crippen LogP contribution in [0.25, 0.3) is 0 Å². The third-order valence-electron chi connectivity index (χ3n) is 2.07. The van der Waals surface area contributed by atoms with Gasteiger partial charge < -0.3 is 10.6 Å². The third kappa shape index (κ3) is 3.56. The minimum absolute atomic E-state index is 0.227. The Balaban J connectivity index is 1.71.